The Labute approximate surface area is 140 Å². The Kier molecular flexibility index (Phi) is 6.60. The van der Waals surface area contributed by atoms with Gasteiger partial charge in [0.2, 0.25) is 5.91 Å². The van der Waals surface area contributed by atoms with Gasteiger partial charge in [-0.3, -0.25) is 4.79 Å². The number of nitrogens with one attached hydrogen (secondary N) is 1. The predicted molar refractivity (Wildman–Crippen MR) is 90.0 cm³/mol. The predicted octanol–water partition coefficient (Wildman–Crippen LogP) is 0.863. The number of primary amides is 1. The van der Waals surface area contributed by atoms with E-state index in [1.54, 1.807) is 30.3 Å². The fourth-order valence-corrected chi connectivity index (χ4v) is 2.10. The molecule has 1 radical (unpaired) electrons. The Balaban J connectivity index is 1.65. The number of rotatable bonds is 9. The van der Waals surface area contributed by atoms with Gasteiger partial charge in [-0.1, -0.05) is 6.07 Å². The van der Waals surface area contributed by atoms with Crippen molar-refractivity contribution in [3.8, 4) is 11.5 Å². The van der Waals surface area contributed by atoms with Crippen LogP contribution in [0.3, 0.4) is 0 Å². The van der Waals surface area contributed by atoms with Gasteiger partial charge < -0.3 is 26.0 Å². The molecule has 0 aliphatic heterocycles. The molecule has 0 fully saturated rings. The number of phenols is 1. The molecule has 0 saturated carbocycles. The Morgan fingerprint density at radius 2 is 2.04 bits per heavy atom. The SMILES string of the molecule is NC(=O)c1cc[c]c(CCNC[C@H](O)COc2ccc(O)cc2)c1. The second-order valence-corrected chi connectivity index (χ2v) is 5.38. The van der Waals surface area contributed by atoms with Gasteiger partial charge in [-0.25, -0.2) is 0 Å². The van der Waals surface area contributed by atoms with Crippen LogP contribution in [0.15, 0.2) is 42.5 Å². The van der Waals surface area contributed by atoms with Gasteiger partial charge in [0, 0.05) is 12.1 Å². The lowest BCUT2D eigenvalue weighted by Gasteiger charge is -2.13. The summed E-state index contributed by atoms with van der Waals surface area (Å²) in [4.78, 5) is 11.1. The topological polar surface area (TPSA) is 105 Å². The van der Waals surface area contributed by atoms with Crippen molar-refractivity contribution in [2.75, 3.05) is 19.7 Å². The number of aromatic hydroxyl groups is 1. The van der Waals surface area contributed by atoms with Crippen molar-refractivity contribution in [2.24, 2.45) is 5.73 Å². The molecular weight excluding hydrogens is 308 g/mol. The molecular formula is C18H21N2O4. The summed E-state index contributed by atoms with van der Waals surface area (Å²) in [5.41, 5.74) is 6.58. The molecule has 0 heterocycles. The molecule has 6 nitrogen and oxygen atoms in total. The van der Waals surface area contributed by atoms with E-state index < -0.39 is 12.0 Å². The minimum atomic E-state index is -0.653. The van der Waals surface area contributed by atoms with Crippen LogP contribution in [0.5, 0.6) is 11.5 Å². The van der Waals surface area contributed by atoms with Crippen molar-refractivity contribution in [1.82, 2.24) is 5.32 Å². The van der Waals surface area contributed by atoms with Gasteiger partial charge in [-0.2, -0.15) is 0 Å². The van der Waals surface area contributed by atoms with E-state index in [4.69, 9.17) is 10.5 Å². The normalized spacial score (nSPS) is 11.9. The maximum atomic E-state index is 11.1. The highest BCUT2D eigenvalue weighted by Crippen LogP contribution is 2.15. The van der Waals surface area contributed by atoms with Crippen LogP contribution < -0.4 is 15.8 Å². The van der Waals surface area contributed by atoms with E-state index in [1.807, 2.05) is 0 Å². The smallest absolute Gasteiger partial charge is 0.248 e. The van der Waals surface area contributed by atoms with E-state index in [9.17, 15) is 15.0 Å². The number of aliphatic hydroxyl groups is 1. The molecule has 24 heavy (non-hydrogen) atoms. The summed E-state index contributed by atoms with van der Waals surface area (Å²) in [7, 11) is 0. The van der Waals surface area contributed by atoms with Crippen molar-refractivity contribution in [1.29, 1.82) is 0 Å². The maximum absolute atomic E-state index is 11.1. The minimum absolute atomic E-state index is 0.154. The lowest BCUT2D eigenvalue weighted by Crippen LogP contribution is -2.32. The fourth-order valence-electron chi connectivity index (χ4n) is 2.10. The van der Waals surface area contributed by atoms with Crippen molar-refractivity contribution in [3.05, 3.63) is 59.7 Å². The second-order valence-electron chi connectivity index (χ2n) is 5.38. The molecule has 0 aliphatic rings. The van der Waals surface area contributed by atoms with Gasteiger partial charge >= 0.3 is 0 Å². The van der Waals surface area contributed by atoms with Crippen molar-refractivity contribution in [2.45, 2.75) is 12.5 Å². The van der Waals surface area contributed by atoms with Crippen molar-refractivity contribution >= 4 is 5.91 Å². The molecule has 1 atom stereocenters. The van der Waals surface area contributed by atoms with Crippen LogP contribution in [-0.4, -0.2) is 41.9 Å². The third kappa shape index (κ3) is 5.91. The maximum Gasteiger partial charge on any atom is 0.248 e. The largest absolute Gasteiger partial charge is 0.508 e. The number of carbonyl (C=O) groups is 1. The van der Waals surface area contributed by atoms with Gasteiger partial charge in [0.15, 0.2) is 0 Å². The third-order valence-corrected chi connectivity index (χ3v) is 3.38. The Bertz CT molecular complexity index is 658. The van der Waals surface area contributed by atoms with E-state index in [-0.39, 0.29) is 12.4 Å². The van der Waals surface area contributed by atoms with E-state index in [1.165, 1.54) is 12.1 Å². The highest BCUT2D eigenvalue weighted by molar-refractivity contribution is 5.92. The minimum Gasteiger partial charge on any atom is -0.508 e. The molecule has 127 valence electrons. The molecule has 2 rings (SSSR count). The van der Waals surface area contributed by atoms with Gasteiger partial charge in [-0.15, -0.1) is 0 Å². The highest BCUT2D eigenvalue weighted by atomic mass is 16.5. The van der Waals surface area contributed by atoms with Gasteiger partial charge in [-0.05, 0) is 61.0 Å². The summed E-state index contributed by atoms with van der Waals surface area (Å²) in [5.74, 6) is 0.298. The number of nitrogens with two attached hydrogens (primary N) is 1. The average Bonchev–Trinajstić information content (AvgIpc) is 2.58. The van der Waals surface area contributed by atoms with Crippen LogP contribution >= 0.6 is 0 Å². The molecule has 2 aromatic rings. The van der Waals surface area contributed by atoms with Crippen LogP contribution in [0, 0.1) is 6.07 Å². The van der Waals surface area contributed by atoms with Gasteiger partial charge in [0.05, 0.1) is 0 Å². The monoisotopic (exact) mass is 329 g/mol. The summed E-state index contributed by atoms with van der Waals surface area (Å²) < 4.78 is 5.42. The first-order valence-electron chi connectivity index (χ1n) is 7.65. The Hall–Kier alpha value is -2.57. The third-order valence-electron chi connectivity index (χ3n) is 3.38. The number of benzene rings is 2. The number of amides is 1. The summed E-state index contributed by atoms with van der Waals surface area (Å²) in [6.45, 7) is 1.17. The molecule has 0 bridgehead atoms. The van der Waals surface area contributed by atoms with Crippen molar-refractivity contribution in [3.63, 3.8) is 0 Å². The van der Waals surface area contributed by atoms with Crippen molar-refractivity contribution < 1.29 is 19.7 Å². The van der Waals surface area contributed by atoms with Crippen LogP contribution in [0.1, 0.15) is 15.9 Å². The zero-order valence-electron chi connectivity index (χ0n) is 13.2. The number of ether oxygens (including phenoxy) is 1. The average molecular weight is 329 g/mol. The summed E-state index contributed by atoms with van der Waals surface area (Å²) in [5, 5.41) is 22.2. The van der Waals surface area contributed by atoms with Gasteiger partial charge in [0.25, 0.3) is 0 Å². The lowest BCUT2D eigenvalue weighted by molar-refractivity contribution is 0.1000. The standard InChI is InChI=1S/C18H21N2O4/c19-18(23)14-3-1-2-13(10-14)8-9-20-11-16(22)12-24-17-6-4-15(21)5-7-17/h1,3-7,10,16,20-22H,8-9,11-12H2,(H2,19,23)/t16-/m0/s1. The number of aliphatic hydroxyl groups excluding tert-OH is 1. The van der Waals surface area contributed by atoms with Crippen LogP contribution in [0.4, 0.5) is 0 Å². The van der Waals surface area contributed by atoms with E-state index in [0.29, 0.717) is 30.8 Å². The fraction of sp³-hybridized carbons (Fsp3) is 0.278. The molecule has 0 aliphatic carbocycles. The molecule has 6 heteroatoms. The molecule has 0 spiro atoms. The first-order valence-corrected chi connectivity index (χ1v) is 7.65. The Morgan fingerprint density at radius 3 is 2.75 bits per heavy atom. The molecule has 0 saturated heterocycles. The van der Waals surface area contributed by atoms with Crippen LogP contribution in [0.2, 0.25) is 0 Å². The summed E-state index contributed by atoms with van der Waals surface area (Å²) in [6, 6.07) is 14.4. The summed E-state index contributed by atoms with van der Waals surface area (Å²) in [6.07, 6.45) is 0.0203. The zero-order chi connectivity index (χ0) is 17.4. The summed E-state index contributed by atoms with van der Waals surface area (Å²) >= 11 is 0. The van der Waals surface area contributed by atoms with Crippen LogP contribution in [-0.2, 0) is 6.42 Å². The first-order chi connectivity index (χ1) is 11.5. The van der Waals surface area contributed by atoms with E-state index >= 15 is 0 Å². The molecule has 0 unspecified atom stereocenters. The first kappa shape index (κ1) is 17.8. The molecule has 5 N–H and O–H groups in total. The number of carbonyl (C=O) groups excluding carboxylic acids is 1. The lowest BCUT2D eigenvalue weighted by atomic mass is 10.1. The number of hydrogen-bond donors (Lipinski definition) is 4. The molecule has 1 amide bonds. The molecule has 0 aromatic heterocycles. The van der Waals surface area contributed by atoms with Gasteiger partial charge in [0.1, 0.15) is 24.2 Å². The zero-order valence-corrected chi connectivity index (χ0v) is 13.2. The number of phenolic OH excluding ortho intramolecular Hbond substituents is 1. The second kappa shape index (κ2) is 8.90. The number of hydrogen-bond acceptors (Lipinski definition) is 5. The van der Waals surface area contributed by atoms with Crippen LogP contribution in [0.25, 0.3) is 0 Å². The quantitative estimate of drug-likeness (QED) is 0.511. The molecule has 2 aromatic carbocycles. The van der Waals surface area contributed by atoms with E-state index in [2.05, 4.69) is 11.4 Å². The Morgan fingerprint density at radius 1 is 1.29 bits per heavy atom. The van der Waals surface area contributed by atoms with E-state index in [0.717, 1.165) is 5.56 Å². The highest BCUT2D eigenvalue weighted by Gasteiger charge is 2.06.